The van der Waals surface area contributed by atoms with Crippen molar-refractivity contribution < 1.29 is 13.5 Å². The number of alkyl halides is 2. The van der Waals surface area contributed by atoms with Gasteiger partial charge in [0.25, 0.3) is 0 Å². The molecule has 0 atom stereocenters. The molecule has 0 amide bonds. The average Bonchev–Trinajstić information content (AvgIpc) is 2.26. The second-order valence-electron chi connectivity index (χ2n) is 3.18. The molecule has 0 aliphatic carbocycles. The molecule has 0 heterocycles. The molecular weight excluding hydrogens is 214 g/mol. The second-order valence-corrected chi connectivity index (χ2v) is 3.18. The van der Waals surface area contributed by atoms with Gasteiger partial charge in [0.1, 0.15) is 5.75 Å². The van der Waals surface area contributed by atoms with E-state index in [0.29, 0.717) is 0 Å². The van der Waals surface area contributed by atoms with Crippen molar-refractivity contribution in [3.8, 4) is 5.75 Å². The molecule has 0 spiro atoms. The standard InChI is InChI=1S/C11H16F2N2O/c1-2-14-7-8-15-9-3-5-10(6-4-9)16-11(12)13/h3-6,11,14-15H,2,7-8H2,1H3. The molecule has 0 unspecified atom stereocenters. The molecule has 3 nitrogen and oxygen atoms in total. The zero-order chi connectivity index (χ0) is 11.8. The fourth-order valence-corrected chi connectivity index (χ4v) is 1.23. The number of halogens is 2. The highest BCUT2D eigenvalue weighted by Gasteiger charge is 2.03. The van der Waals surface area contributed by atoms with Gasteiger partial charge in [-0.15, -0.1) is 0 Å². The summed E-state index contributed by atoms with van der Waals surface area (Å²) in [6, 6.07) is 6.46. The van der Waals surface area contributed by atoms with Gasteiger partial charge in [-0.3, -0.25) is 0 Å². The highest BCUT2D eigenvalue weighted by Crippen LogP contribution is 2.17. The van der Waals surface area contributed by atoms with Gasteiger partial charge >= 0.3 is 6.61 Å². The van der Waals surface area contributed by atoms with E-state index in [1.807, 2.05) is 6.92 Å². The van der Waals surface area contributed by atoms with Crippen molar-refractivity contribution in [3.63, 3.8) is 0 Å². The van der Waals surface area contributed by atoms with Crippen molar-refractivity contribution >= 4 is 5.69 Å². The zero-order valence-electron chi connectivity index (χ0n) is 9.17. The van der Waals surface area contributed by atoms with Crippen LogP contribution >= 0.6 is 0 Å². The number of likely N-dealkylation sites (N-methyl/N-ethyl adjacent to an activating group) is 1. The van der Waals surface area contributed by atoms with Crippen LogP contribution in [0.4, 0.5) is 14.5 Å². The lowest BCUT2D eigenvalue weighted by Crippen LogP contribution is -2.21. The summed E-state index contributed by atoms with van der Waals surface area (Å²) < 4.78 is 28.0. The van der Waals surface area contributed by atoms with Gasteiger partial charge in [-0.25, -0.2) is 0 Å². The third-order valence-corrected chi connectivity index (χ3v) is 1.96. The first-order valence-corrected chi connectivity index (χ1v) is 5.22. The largest absolute Gasteiger partial charge is 0.435 e. The maximum atomic E-state index is 11.9. The fourth-order valence-electron chi connectivity index (χ4n) is 1.23. The summed E-state index contributed by atoms with van der Waals surface area (Å²) in [6.45, 7) is 1.86. The van der Waals surface area contributed by atoms with Gasteiger partial charge in [0.2, 0.25) is 0 Å². The van der Waals surface area contributed by atoms with Crippen molar-refractivity contribution in [2.45, 2.75) is 13.5 Å². The molecule has 0 fully saturated rings. The number of nitrogens with one attached hydrogen (secondary N) is 2. The van der Waals surface area contributed by atoms with Gasteiger partial charge < -0.3 is 15.4 Å². The molecule has 5 heteroatoms. The molecule has 1 aromatic carbocycles. The van der Waals surface area contributed by atoms with Crippen molar-refractivity contribution in [3.05, 3.63) is 24.3 Å². The van der Waals surface area contributed by atoms with Crippen LogP contribution in [0.2, 0.25) is 0 Å². The second kappa shape index (κ2) is 7.00. The van der Waals surface area contributed by atoms with Crippen LogP contribution in [0.5, 0.6) is 5.75 Å². The summed E-state index contributed by atoms with van der Waals surface area (Å²) in [4.78, 5) is 0. The van der Waals surface area contributed by atoms with Gasteiger partial charge in [-0.05, 0) is 30.8 Å². The minimum Gasteiger partial charge on any atom is -0.435 e. The number of ether oxygens (including phenoxy) is 1. The molecule has 0 aliphatic heterocycles. The zero-order valence-corrected chi connectivity index (χ0v) is 9.17. The van der Waals surface area contributed by atoms with E-state index in [0.717, 1.165) is 25.3 Å². The minimum absolute atomic E-state index is 0.173. The van der Waals surface area contributed by atoms with E-state index in [9.17, 15) is 8.78 Å². The van der Waals surface area contributed by atoms with Gasteiger partial charge in [0.05, 0.1) is 0 Å². The lowest BCUT2D eigenvalue weighted by atomic mass is 10.3. The van der Waals surface area contributed by atoms with Crippen LogP contribution in [0.15, 0.2) is 24.3 Å². The Labute approximate surface area is 93.8 Å². The Kier molecular flexibility index (Phi) is 5.56. The Morgan fingerprint density at radius 1 is 1.19 bits per heavy atom. The third kappa shape index (κ3) is 4.93. The Morgan fingerprint density at radius 2 is 1.88 bits per heavy atom. The summed E-state index contributed by atoms with van der Waals surface area (Å²) >= 11 is 0. The molecule has 1 aromatic rings. The van der Waals surface area contributed by atoms with E-state index in [-0.39, 0.29) is 5.75 Å². The van der Waals surface area contributed by atoms with Crippen LogP contribution in [0.1, 0.15) is 6.92 Å². The monoisotopic (exact) mass is 230 g/mol. The number of benzene rings is 1. The molecule has 1 rings (SSSR count). The number of anilines is 1. The Hall–Kier alpha value is -1.36. The van der Waals surface area contributed by atoms with Gasteiger partial charge in [0, 0.05) is 18.8 Å². The third-order valence-electron chi connectivity index (χ3n) is 1.96. The molecule has 0 aliphatic rings. The number of rotatable bonds is 7. The van der Waals surface area contributed by atoms with Crippen molar-refractivity contribution in [1.82, 2.24) is 5.32 Å². The van der Waals surface area contributed by atoms with Crippen LogP contribution in [0, 0.1) is 0 Å². The van der Waals surface area contributed by atoms with E-state index in [2.05, 4.69) is 15.4 Å². The van der Waals surface area contributed by atoms with E-state index in [1.165, 1.54) is 12.1 Å². The van der Waals surface area contributed by atoms with Crippen molar-refractivity contribution in [2.24, 2.45) is 0 Å². The summed E-state index contributed by atoms with van der Waals surface area (Å²) in [5.74, 6) is 0.173. The lowest BCUT2D eigenvalue weighted by Gasteiger charge is -2.08. The van der Waals surface area contributed by atoms with Crippen LogP contribution in [-0.4, -0.2) is 26.2 Å². The first kappa shape index (κ1) is 12.7. The molecule has 16 heavy (non-hydrogen) atoms. The van der Waals surface area contributed by atoms with Crippen LogP contribution in [0.25, 0.3) is 0 Å². The predicted molar refractivity (Wildman–Crippen MR) is 60.1 cm³/mol. The lowest BCUT2D eigenvalue weighted by molar-refractivity contribution is -0.0498. The summed E-state index contributed by atoms with van der Waals surface area (Å²) in [6.07, 6.45) is 0. The van der Waals surface area contributed by atoms with Crippen LogP contribution < -0.4 is 15.4 Å². The molecule has 0 bridgehead atoms. The Morgan fingerprint density at radius 3 is 2.44 bits per heavy atom. The van der Waals surface area contributed by atoms with E-state index < -0.39 is 6.61 Å². The summed E-state index contributed by atoms with van der Waals surface area (Å²) in [5.41, 5.74) is 0.888. The topological polar surface area (TPSA) is 33.3 Å². The normalized spacial score (nSPS) is 10.5. The fraction of sp³-hybridized carbons (Fsp3) is 0.455. The minimum atomic E-state index is -2.77. The van der Waals surface area contributed by atoms with E-state index in [4.69, 9.17) is 0 Å². The van der Waals surface area contributed by atoms with Gasteiger partial charge in [-0.2, -0.15) is 8.78 Å². The van der Waals surface area contributed by atoms with Gasteiger partial charge in [0.15, 0.2) is 0 Å². The summed E-state index contributed by atoms with van der Waals surface area (Å²) in [7, 11) is 0. The molecular formula is C11H16F2N2O. The number of hydrogen-bond acceptors (Lipinski definition) is 3. The quantitative estimate of drug-likeness (QED) is 0.705. The Bertz CT molecular complexity index is 291. The first-order chi connectivity index (χ1) is 7.72. The molecule has 0 radical (unpaired) electrons. The Balaban J connectivity index is 2.33. The average molecular weight is 230 g/mol. The highest BCUT2D eigenvalue weighted by molar-refractivity contribution is 5.46. The van der Waals surface area contributed by atoms with Crippen molar-refractivity contribution in [2.75, 3.05) is 25.0 Å². The maximum absolute atomic E-state index is 11.9. The molecule has 0 aromatic heterocycles. The highest BCUT2D eigenvalue weighted by atomic mass is 19.3. The van der Waals surface area contributed by atoms with Gasteiger partial charge in [-0.1, -0.05) is 6.92 Å². The molecule has 0 saturated heterocycles. The smallest absolute Gasteiger partial charge is 0.387 e. The van der Waals surface area contributed by atoms with E-state index in [1.54, 1.807) is 12.1 Å². The molecule has 90 valence electrons. The SMILES string of the molecule is CCNCCNc1ccc(OC(F)F)cc1. The van der Waals surface area contributed by atoms with Crippen LogP contribution in [0.3, 0.4) is 0 Å². The molecule has 2 N–H and O–H groups in total. The first-order valence-electron chi connectivity index (χ1n) is 5.22. The van der Waals surface area contributed by atoms with E-state index >= 15 is 0 Å². The number of hydrogen-bond donors (Lipinski definition) is 2. The summed E-state index contributed by atoms with van der Waals surface area (Å²) in [5, 5.41) is 6.32. The predicted octanol–water partition coefficient (Wildman–Crippen LogP) is 2.31. The van der Waals surface area contributed by atoms with Crippen LogP contribution in [-0.2, 0) is 0 Å². The molecule has 0 saturated carbocycles. The van der Waals surface area contributed by atoms with Crippen molar-refractivity contribution in [1.29, 1.82) is 0 Å². The maximum Gasteiger partial charge on any atom is 0.387 e.